The highest BCUT2D eigenvalue weighted by Gasteiger charge is 2.23. The smallest absolute Gasteiger partial charge is 0.257 e. The van der Waals surface area contributed by atoms with Gasteiger partial charge in [0.2, 0.25) is 15.6 Å². The van der Waals surface area contributed by atoms with Crippen LogP contribution in [0.1, 0.15) is 24.2 Å². The van der Waals surface area contributed by atoms with Crippen molar-refractivity contribution in [1.29, 1.82) is 0 Å². The summed E-state index contributed by atoms with van der Waals surface area (Å²) in [4.78, 5) is 27.9. The van der Waals surface area contributed by atoms with Gasteiger partial charge in [-0.15, -0.1) is 0 Å². The summed E-state index contributed by atoms with van der Waals surface area (Å²) in [5, 5.41) is 7.36. The first kappa shape index (κ1) is 22.4. The van der Waals surface area contributed by atoms with E-state index < -0.39 is 21.5 Å². The number of fused-ring (bicyclic) bond motifs is 1. The van der Waals surface area contributed by atoms with Crippen molar-refractivity contribution in [3.05, 3.63) is 82.8 Å². The van der Waals surface area contributed by atoms with E-state index in [-0.39, 0.29) is 10.5 Å². The molecule has 10 heteroatoms. The second kappa shape index (κ2) is 9.00. The Labute approximate surface area is 190 Å². The lowest BCUT2D eigenvalue weighted by molar-refractivity contribution is 0.102. The summed E-state index contributed by atoms with van der Waals surface area (Å²) < 4.78 is 28.9. The molecule has 0 unspecified atom stereocenters. The van der Waals surface area contributed by atoms with Crippen molar-refractivity contribution in [3.8, 4) is 5.69 Å². The Morgan fingerprint density at radius 1 is 1.06 bits per heavy atom. The number of rotatable bonds is 7. The lowest BCUT2D eigenvalue weighted by atomic mass is 10.1. The number of para-hydroxylation sites is 1. The Balaban J connectivity index is 1.72. The summed E-state index contributed by atoms with van der Waals surface area (Å²) in [5.41, 5.74) is 0.772. The van der Waals surface area contributed by atoms with Crippen LogP contribution in [0.5, 0.6) is 0 Å². The number of hydrogen-bond donors (Lipinski definition) is 2. The third-order valence-electron chi connectivity index (χ3n) is 5.25. The van der Waals surface area contributed by atoms with Crippen molar-refractivity contribution in [2.75, 3.05) is 18.4 Å². The molecule has 4 rings (SSSR count). The van der Waals surface area contributed by atoms with Gasteiger partial charge in [-0.25, -0.2) is 13.1 Å². The van der Waals surface area contributed by atoms with Crippen LogP contribution in [-0.4, -0.2) is 46.5 Å². The van der Waals surface area contributed by atoms with Gasteiger partial charge in [0.15, 0.2) is 5.82 Å². The molecule has 170 valence electrons. The van der Waals surface area contributed by atoms with Crippen molar-refractivity contribution < 1.29 is 13.2 Å². The summed E-state index contributed by atoms with van der Waals surface area (Å²) in [6.07, 6.45) is 1.70. The standard InChI is InChI=1S/C23H23N5O4S/c1-3-27(4-2)33(31,32)17-10-11-20-18(14-17)19(15-22(29)24-20)23(30)25-21-12-13-28(26-21)16-8-6-5-7-9-16/h5-15H,3-4H2,1-2H3,(H,24,29)(H,25,26,30). The molecule has 2 heterocycles. The molecule has 33 heavy (non-hydrogen) atoms. The molecule has 0 radical (unpaired) electrons. The van der Waals surface area contributed by atoms with E-state index in [1.54, 1.807) is 30.8 Å². The Morgan fingerprint density at radius 3 is 2.48 bits per heavy atom. The third-order valence-corrected chi connectivity index (χ3v) is 7.30. The van der Waals surface area contributed by atoms with Crippen LogP contribution >= 0.6 is 0 Å². The zero-order chi connectivity index (χ0) is 23.6. The number of carbonyl (C=O) groups is 1. The zero-order valence-corrected chi connectivity index (χ0v) is 19.0. The molecule has 0 saturated carbocycles. The van der Waals surface area contributed by atoms with E-state index in [1.165, 1.54) is 22.5 Å². The average molecular weight is 466 g/mol. The van der Waals surface area contributed by atoms with Crippen molar-refractivity contribution in [2.45, 2.75) is 18.7 Å². The van der Waals surface area contributed by atoms with E-state index in [0.29, 0.717) is 29.8 Å². The molecule has 0 aliphatic heterocycles. The molecule has 0 atom stereocenters. The van der Waals surface area contributed by atoms with Crippen LogP contribution in [0.15, 0.2) is 76.6 Å². The molecule has 0 aliphatic rings. The maximum absolute atomic E-state index is 13.1. The first-order chi connectivity index (χ1) is 15.8. The van der Waals surface area contributed by atoms with Gasteiger partial charge in [-0.3, -0.25) is 9.59 Å². The largest absolute Gasteiger partial charge is 0.322 e. The minimum absolute atomic E-state index is 0.0492. The highest BCUT2D eigenvalue weighted by atomic mass is 32.2. The summed E-state index contributed by atoms with van der Waals surface area (Å²) >= 11 is 0. The zero-order valence-electron chi connectivity index (χ0n) is 18.1. The maximum Gasteiger partial charge on any atom is 0.257 e. The summed E-state index contributed by atoms with van der Waals surface area (Å²) in [5.74, 6) is -0.272. The minimum atomic E-state index is -3.74. The molecule has 2 aromatic carbocycles. The normalized spacial score (nSPS) is 11.7. The van der Waals surface area contributed by atoms with Gasteiger partial charge in [0, 0.05) is 42.3 Å². The van der Waals surface area contributed by atoms with Gasteiger partial charge < -0.3 is 10.3 Å². The monoisotopic (exact) mass is 465 g/mol. The van der Waals surface area contributed by atoms with E-state index in [2.05, 4.69) is 15.4 Å². The van der Waals surface area contributed by atoms with E-state index in [9.17, 15) is 18.0 Å². The van der Waals surface area contributed by atoms with E-state index in [4.69, 9.17) is 0 Å². The van der Waals surface area contributed by atoms with Crippen LogP contribution in [0.4, 0.5) is 5.82 Å². The summed E-state index contributed by atoms with van der Waals surface area (Å²) in [7, 11) is -3.74. The molecule has 2 aromatic heterocycles. The van der Waals surface area contributed by atoms with Crippen molar-refractivity contribution in [3.63, 3.8) is 0 Å². The van der Waals surface area contributed by atoms with E-state index in [1.807, 2.05) is 30.3 Å². The van der Waals surface area contributed by atoms with Gasteiger partial charge in [-0.2, -0.15) is 9.40 Å². The number of benzene rings is 2. The number of anilines is 1. The van der Waals surface area contributed by atoms with Crippen LogP contribution in [0.25, 0.3) is 16.6 Å². The Hall–Kier alpha value is -3.76. The number of nitrogens with one attached hydrogen (secondary N) is 2. The van der Waals surface area contributed by atoms with Gasteiger partial charge in [-0.1, -0.05) is 32.0 Å². The van der Waals surface area contributed by atoms with Crippen LogP contribution in [-0.2, 0) is 10.0 Å². The Kier molecular flexibility index (Phi) is 6.12. The van der Waals surface area contributed by atoms with Gasteiger partial charge >= 0.3 is 0 Å². The predicted octanol–water partition coefficient (Wildman–Crippen LogP) is 3.00. The van der Waals surface area contributed by atoms with Crippen LogP contribution in [0, 0.1) is 0 Å². The number of hydrogen-bond acceptors (Lipinski definition) is 5. The number of aromatic amines is 1. The molecular formula is C23H23N5O4S. The van der Waals surface area contributed by atoms with Gasteiger partial charge in [0.05, 0.1) is 16.1 Å². The first-order valence-corrected chi connectivity index (χ1v) is 11.9. The maximum atomic E-state index is 13.1. The SMILES string of the molecule is CCN(CC)S(=O)(=O)c1ccc2[nH]c(=O)cc(C(=O)Nc3ccn(-c4ccccc4)n3)c2c1. The number of amides is 1. The number of aromatic nitrogens is 3. The highest BCUT2D eigenvalue weighted by molar-refractivity contribution is 7.89. The van der Waals surface area contributed by atoms with Crippen LogP contribution in [0.2, 0.25) is 0 Å². The molecule has 0 spiro atoms. The van der Waals surface area contributed by atoms with Crippen LogP contribution < -0.4 is 10.9 Å². The Morgan fingerprint density at radius 2 is 1.79 bits per heavy atom. The highest BCUT2D eigenvalue weighted by Crippen LogP contribution is 2.23. The fourth-order valence-electron chi connectivity index (χ4n) is 3.59. The molecular weight excluding hydrogens is 442 g/mol. The fourth-order valence-corrected chi connectivity index (χ4v) is 5.08. The predicted molar refractivity (Wildman–Crippen MR) is 126 cm³/mol. The lowest BCUT2D eigenvalue weighted by Gasteiger charge is -2.19. The first-order valence-electron chi connectivity index (χ1n) is 10.4. The fraction of sp³-hybridized carbons (Fsp3) is 0.174. The van der Waals surface area contributed by atoms with Gasteiger partial charge in [0.1, 0.15) is 0 Å². The Bertz CT molecular complexity index is 1470. The molecule has 9 nitrogen and oxygen atoms in total. The molecule has 2 N–H and O–H groups in total. The van der Waals surface area contributed by atoms with Crippen molar-refractivity contribution in [2.24, 2.45) is 0 Å². The van der Waals surface area contributed by atoms with Gasteiger partial charge in [-0.05, 0) is 30.3 Å². The number of carbonyl (C=O) groups excluding carboxylic acids is 1. The third kappa shape index (κ3) is 4.43. The molecule has 0 fully saturated rings. The second-order valence-electron chi connectivity index (χ2n) is 7.28. The summed E-state index contributed by atoms with van der Waals surface area (Å²) in [6.45, 7) is 4.15. The average Bonchev–Trinajstić information content (AvgIpc) is 3.27. The molecule has 1 amide bonds. The number of H-pyrrole nitrogens is 1. The molecule has 0 aliphatic carbocycles. The van der Waals surface area contributed by atoms with Crippen LogP contribution in [0.3, 0.4) is 0 Å². The molecule has 0 bridgehead atoms. The number of pyridine rings is 1. The second-order valence-corrected chi connectivity index (χ2v) is 9.22. The summed E-state index contributed by atoms with van der Waals surface area (Å²) in [6, 6.07) is 16.5. The number of nitrogens with zero attached hydrogens (tertiary/aromatic N) is 3. The number of sulfonamides is 1. The quantitative estimate of drug-likeness (QED) is 0.435. The van der Waals surface area contributed by atoms with Crippen molar-refractivity contribution in [1.82, 2.24) is 19.1 Å². The van der Waals surface area contributed by atoms with E-state index in [0.717, 1.165) is 11.8 Å². The topological polar surface area (TPSA) is 117 Å². The lowest BCUT2D eigenvalue weighted by Crippen LogP contribution is -2.30. The van der Waals surface area contributed by atoms with Gasteiger partial charge in [0.25, 0.3) is 5.91 Å². The van der Waals surface area contributed by atoms with Crippen molar-refractivity contribution >= 4 is 32.7 Å². The molecule has 4 aromatic rings. The minimum Gasteiger partial charge on any atom is -0.322 e. The molecule has 0 saturated heterocycles. The van der Waals surface area contributed by atoms with E-state index >= 15 is 0 Å².